The van der Waals surface area contributed by atoms with Crippen LogP contribution in [0.3, 0.4) is 0 Å². The van der Waals surface area contributed by atoms with Crippen molar-refractivity contribution in [3.8, 4) is 5.75 Å². The third-order valence-electron chi connectivity index (χ3n) is 7.90. The van der Waals surface area contributed by atoms with Gasteiger partial charge in [0.2, 0.25) is 0 Å². The summed E-state index contributed by atoms with van der Waals surface area (Å²) in [4.78, 5) is 29.6. The molecule has 3 amide bonds. The van der Waals surface area contributed by atoms with Crippen LogP contribution in [0.4, 0.5) is 29.3 Å². The Morgan fingerprint density at radius 2 is 1.67 bits per heavy atom. The quantitative estimate of drug-likeness (QED) is 0.264. The van der Waals surface area contributed by atoms with E-state index in [-0.39, 0.29) is 19.4 Å². The number of carbonyl (C=O) groups is 2. The summed E-state index contributed by atoms with van der Waals surface area (Å²) in [6, 6.07) is 24.9. The van der Waals surface area contributed by atoms with Gasteiger partial charge in [-0.15, -0.1) is 0 Å². The van der Waals surface area contributed by atoms with Crippen molar-refractivity contribution in [1.82, 2.24) is 10.2 Å². The van der Waals surface area contributed by atoms with Crippen molar-refractivity contribution in [1.29, 1.82) is 0 Å². The Labute approximate surface area is 260 Å². The van der Waals surface area contributed by atoms with Crippen LogP contribution >= 0.6 is 0 Å². The van der Waals surface area contributed by atoms with Gasteiger partial charge in [0.1, 0.15) is 12.4 Å². The summed E-state index contributed by atoms with van der Waals surface area (Å²) in [6.45, 7) is 4.40. The number of rotatable bonds is 11. The first-order chi connectivity index (χ1) is 21.7. The molecule has 11 heteroatoms. The predicted octanol–water partition coefficient (Wildman–Crippen LogP) is 5.82. The third kappa shape index (κ3) is 9.09. The van der Waals surface area contributed by atoms with Crippen LogP contribution in [0.15, 0.2) is 96.6 Å². The van der Waals surface area contributed by atoms with E-state index in [1.54, 1.807) is 48.5 Å². The van der Waals surface area contributed by atoms with Crippen LogP contribution in [0, 0.1) is 0 Å². The summed E-state index contributed by atoms with van der Waals surface area (Å²) >= 11 is 0. The molecule has 0 spiro atoms. The van der Waals surface area contributed by atoms with E-state index in [9.17, 15) is 22.8 Å². The smallest absolute Gasteiger partial charge is 0.471 e. The second kappa shape index (κ2) is 14.6. The van der Waals surface area contributed by atoms with Gasteiger partial charge in [-0.3, -0.25) is 14.6 Å². The van der Waals surface area contributed by atoms with E-state index < -0.39 is 23.7 Å². The van der Waals surface area contributed by atoms with E-state index in [0.29, 0.717) is 43.4 Å². The molecule has 1 aliphatic heterocycles. The van der Waals surface area contributed by atoms with Crippen molar-refractivity contribution in [3.63, 3.8) is 0 Å². The molecular formula is C34H37F3N4O4. The molecule has 0 unspecified atom stereocenters. The van der Waals surface area contributed by atoms with Crippen molar-refractivity contribution in [2.75, 3.05) is 56.2 Å². The number of nitrogens with zero attached hydrogens (tertiary/aromatic N) is 2. The molecule has 1 saturated heterocycles. The van der Waals surface area contributed by atoms with Gasteiger partial charge in [0.05, 0.1) is 18.8 Å². The Balaban J connectivity index is 1.38. The zero-order valence-corrected chi connectivity index (χ0v) is 24.9. The minimum absolute atomic E-state index is 0.105. The van der Waals surface area contributed by atoms with Crippen LogP contribution in [0.2, 0.25) is 0 Å². The summed E-state index contributed by atoms with van der Waals surface area (Å²) in [6.07, 6.45) is -2.49. The van der Waals surface area contributed by atoms with Gasteiger partial charge in [-0.05, 0) is 49.1 Å². The fraction of sp³-hybridized carbons (Fsp3) is 0.353. The molecule has 0 radical (unpaired) electrons. The van der Waals surface area contributed by atoms with E-state index in [2.05, 4.69) is 15.5 Å². The van der Waals surface area contributed by atoms with E-state index in [1.807, 2.05) is 42.5 Å². The summed E-state index contributed by atoms with van der Waals surface area (Å²) < 4.78 is 51.5. The number of nitrogens with one attached hydrogen (secondary N) is 2. The van der Waals surface area contributed by atoms with Crippen molar-refractivity contribution in [2.45, 2.75) is 31.0 Å². The van der Waals surface area contributed by atoms with Gasteiger partial charge in [0.15, 0.2) is 0 Å². The molecule has 3 aromatic rings. The first kappa shape index (κ1) is 32.1. The van der Waals surface area contributed by atoms with Crippen LogP contribution in [0.5, 0.6) is 5.75 Å². The molecular weight excluding hydrogens is 585 g/mol. The van der Waals surface area contributed by atoms with Crippen LogP contribution in [0.25, 0.3) is 0 Å². The highest BCUT2D eigenvalue weighted by Gasteiger charge is 2.45. The van der Waals surface area contributed by atoms with Crippen LogP contribution in [-0.4, -0.2) is 74.6 Å². The summed E-state index contributed by atoms with van der Waals surface area (Å²) in [5, 5.41) is 5.18. The molecule has 1 atom stereocenters. The lowest BCUT2D eigenvalue weighted by molar-refractivity contribution is -0.175. The molecule has 3 aromatic carbocycles. The molecule has 1 fully saturated rings. The van der Waals surface area contributed by atoms with E-state index in [1.165, 1.54) is 4.90 Å². The predicted molar refractivity (Wildman–Crippen MR) is 166 cm³/mol. The number of morpholine rings is 1. The third-order valence-corrected chi connectivity index (χ3v) is 7.90. The van der Waals surface area contributed by atoms with Crippen LogP contribution < -0.4 is 20.3 Å². The van der Waals surface area contributed by atoms with Crippen molar-refractivity contribution in [2.24, 2.45) is 0 Å². The summed E-state index contributed by atoms with van der Waals surface area (Å²) in [5.41, 5.74) is 1.43. The number of amides is 3. The average molecular weight is 623 g/mol. The van der Waals surface area contributed by atoms with Gasteiger partial charge in [-0.25, -0.2) is 4.79 Å². The largest absolute Gasteiger partial charge is 0.492 e. The van der Waals surface area contributed by atoms with Gasteiger partial charge >= 0.3 is 18.1 Å². The molecule has 238 valence electrons. The Morgan fingerprint density at radius 3 is 2.38 bits per heavy atom. The highest BCUT2D eigenvalue weighted by Crippen LogP contribution is 2.34. The molecule has 8 nitrogen and oxygen atoms in total. The fourth-order valence-corrected chi connectivity index (χ4v) is 5.64. The molecule has 0 aromatic heterocycles. The van der Waals surface area contributed by atoms with Crippen molar-refractivity contribution >= 4 is 23.3 Å². The van der Waals surface area contributed by atoms with Gasteiger partial charge < -0.3 is 20.1 Å². The van der Waals surface area contributed by atoms with Gasteiger partial charge in [-0.2, -0.15) is 13.2 Å². The minimum atomic E-state index is -5.02. The van der Waals surface area contributed by atoms with E-state index in [4.69, 9.17) is 9.47 Å². The monoisotopic (exact) mass is 622 g/mol. The SMILES string of the molecule is O=C(Nc1ccccc1)N(CC1=C[C@@](Cc2ccccc2)(NC(=O)C(F)(F)F)CC1)c1cccc(OCCN2CCOCC2)c1. The number of halogens is 3. The number of anilines is 2. The molecule has 2 N–H and O–H groups in total. The number of hydrogen-bond donors (Lipinski definition) is 2. The normalized spacial score (nSPS) is 18.6. The highest BCUT2D eigenvalue weighted by molar-refractivity contribution is 6.02. The lowest BCUT2D eigenvalue weighted by Gasteiger charge is -2.29. The average Bonchev–Trinajstić information content (AvgIpc) is 3.42. The van der Waals surface area contributed by atoms with Crippen molar-refractivity contribution in [3.05, 3.63) is 102 Å². The molecule has 45 heavy (non-hydrogen) atoms. The number of alkyl halides is 3. The molecule has 1 heterocycles. The number of benzene rings is 3. The van der Waals surface area contributed by atoms with E-state index >= 15 is 0 Å². The lowest BCUT2D eigenvalue weighted by atomic mass is 9.90. The number of urea groups is 1. The number of hydrogen-bond acceptors (Lipinski definition) is 5. The van der Waals surface area contributed by atoms with Crippen LogP contribution in [-0.2, 0) is 16.0 Å². The first-order valence-electron chi connectivity index (χ1n) is 15.0. The number of para-hydroxylation sites is 1. The maximum Gasteiger partial charge on any atom is 0.471 e. The summed E-state index contributed by atoms with van der Waals surface area (Å²) in [7, 11) is 0. The Kier molecular flexibility index (Phi) is 10.4. The second-order valence-electron chi connectivity index (χ2n) is 11.3. The maximum absolute atomic E-state index is 13.7. The fourth-order valence-electron chi connectivity index (χ4n) is 5.64. The lowest BCUT2D eigenvalue weighted by Crippen LogP contribution is -2.52. The highest BCUT2D eigenvalue weighted by atomic mass is 19.4. The summed E-state index contributed by atoms with van der Waals surface area (Å²) in [5.74, 6) is -1.40. The molecule has 1 aliphatic carbocycles. The van der Waals surface area contributed by atoms with E-state index in [0.717, 1.165) is 30.8 Å². The Hall–Kier alpha value is -4.35. The number of ether oxygens (including phenoxy) is 2. The molecule has 0 saturated carbocycles. The Bertz CT molecular complexity index is 1460. The first-order valence-corrected chi connectivity index (χ1v) is 15.0. The molecule has 2 aliphatic rings. The molecule has 0 bridgehead atoms. The zero-order valence-electron chi connectivity index (χ0n) is 24.9. The number of carbonyl (C=O) groups excluding carboxylic acids is 2. The Morgan fingerprint density at radius 1 is 0.956 bits per heavy atom. The van der Waals surface area contributed by atoms with Gasteiger partial charge in [0.25, 0.3) is 0 Å². The zero-order chi connectivity index (χ0) is 31.7. The standard InChI is InChI=1S/C34H37F3N4O4/c35-34(36,37)31(42)39-33(23-26-8-3-1-4-9-26)15-14-27(24-33)25-41(32(43)38-28-10-5-2-6-11-28)29-12-7-13-30(22-29)45-21-18-40-16-19-44-20-17-40/h1-13,22,24H,14-21,23,25H2,(H,38,43)(H,39,42)/t33-/m1/s1. The molecule has 5 rings (SSSR count). The van der Waals surface area contributed by atoms with Gasteiger partial charge in [0, 0.05) is 43.6 Å². The van der Waals surface area contributed by atoms with Crippen LogP contribution in [0.1, 0.15) is 18.4 Å². The minimum Gasteiger partial charge on any atom is -0.492 e. The van der Waals surface area contributed by atoms with Gasteiger partial charge in [-0.1, -0.05) is 66.2 Å². The maximum atomic E-state index is 13.7. The topological polar surface area (TPSA) is 83.1 Å². The van der Waals surface area contributed by atoms with Crippen molar-refractivity contribution < 1.29 is 32.2 Å². The second-order valence-corrected chi connectivity index (χ2v) is 11.3.